The maximum Gasteiger partial charge on any atom is 0.272 e. The molecule has 5 N–H and O–H groups in total. The maximum absolute atomic E-state index is 13.3. The van der Waals surface area contributed by atoms with Crippen molar-refractivity contribution in [2.45, 2.75) is 46.2 Å². The normalized spacial score (nSPS) is 12.3. The summed E-state index contributed by atoms with van der Waals surface area (Å²) in [5, 5.41) is 2.88. The smallest absolute Gasteiger partial charge is 0.272 e. The summed E-state index contributed by atoms with van der Waals surface area (Å²) in [4.78, 5) is 38.9. The van der Waals surface area contributed by atoms with E-state index in [1.54, 1.807) is 25.1 Å². The average molecular weight is 404 g/mol. The minimum atomic E-state index is -0.827. The Kier molecular flexibility index (Phi) is 6.08. The highest BCUT2D eigenvalue weighted by Crippen LogP contribution is 2.28. The fraction of sp³-hybridized carbons (Fsp3) is 0.368. The number of aromatic nitrogens is 1. The van der Waals surface area contributed by atoms with Crippen molar-refractivity contribution in [3.63, 3.8) is 0 Å². The molecule has 0 saturated heterocycles. The van der Waals surface area contributed by atoms with Gasteiger partial charge in [-0.25, -0.2) is 0 Å². The molecule has 1 unspecified atom stereocenters. The summed E-state index contributed by atoms with van der Waals surface area (Å²) < 4.78 is 3.89. The van der Waals surface area contributed by atoms with Gasteiger partial charge in [0, 0.05) is 11.2 Å². The standard InChI is InChI=1S/C19H25N5O3S/c1-10-7-6-8-12(9-10)24(11(2)17(26)22-19(3,4)5)18(27)15-13(20)14(16(21)25)23-28-15/h6-9,11H,20H2,1-5H3,(H2,21,25)(H,22,26). The molecule has 1 aromatic heterocycles. The number of carbonyl (C=O) groups excluding carboxylic acids is 3. The van der Waals surface area contributed by atoms with Gasteiger partial charge in [-0.05, 0) is 63.8 Å². The van der Waals surface area contributed by atoms with E-state index < -0.39 is 23.4 Å². The molecule has 1 atom stereocenters. The molecule has 0 spiro atoms. The molecule has 9 heteroatoms. The second kappa shape index (κ2) is 7.97. The second-order valence-electron chi connectivity index (χ2n) is 7.57. The van der Waals surface area contributed by atoms with E-state index in [4.69, 9.17) is 11.5 Å². The van der Waals surface area contributed by atoms with Gasteiger partial charge >= 0.3 is 0 Å². The van der Waals surface area contributed by atoms with Gasteiger partial charge in [0.1, 0.15) is 10.9 Å². The topological polar surface area (TPSA) is 131 Å². The van der Waals surface area contributed by atoms with Crippen LogP contribution in [0.15, 0.2) is 24.3 Å². The highest BCUT2D eigenvalue weighted by Gasteiger charge is 2.33. The Morgan fingerprint density at radius 3 is 2.39 bits per heavy atom. The predicted molar refractivity (Wildman–Crippen MR) is 110 cm³/mol. The van der Waals surface area contributed by atoms with Crippen LogP contribution in [-0.4, -0.2) is 33.7 Å². The van der Waals surface area contributed by atoms with Crippen molar-refractivity contribution >= 4 is 40.6 Å². The monoisotopic (exact) mass is 403 g/mol. The van der Waals surface area contributed by atoms with Crippen LogP contribution in [0.3, 0.4) is 0 Å². The Hall–Kier alpha value is -2.94. The molecule has 0 saturated carbocycles. The van der Waals surface area contributed by atoms with E-state index in [0.29, 0.717) is 5.69 Å². The van der Waals surface area contributed by atoms with Gasteiger partial charge in [0.2, 0.25) is 5.91 Å². The number of amides is 3. The number of rotatable bonds is 5. The molecule has 0 radical (unpaired) electrons. The highest BCUT2D eigenvalue weighted by molar-refractivity contribution is 7.09. The number of carbonyl (C=O) groups is 3. The number of nitrogen functional groups attached to an aromatic ring is 1. The molecule has 0 bridgehead atoms. The van der Waals surface area contributed by atoms with Crippen molar-refractivity contribution in [2.75, 3.05) is 10.6 Å². The largest absolute Gasteiger partial charge is 0.395 e. The minimum absolute atomic E-state index is 0.0608. The van der Waals surface area contributed by atoms with E-state index in [2.05, 4.69) is 9.69 Å². The number of nitrogens with two attached hydrogens (primary N) is 2. The number of primary amides is 1. The van der Waals surface area contributed by atoms with Gasteiger partial charge in [0.05, 0.1) is 5.69 Å². The van der Waals surface area contributed by atoms with Gasteiger partial charge in [-0.15, -0.1) is 0 Å². The molecule has 150 valence electrons. The first-order valence-corrected chi connectivity index (χ1v) is 9.47. The Balaban J connectivity index is 2.51. The fourth-order valence-corrected chi connectivity index (χ4v) is 3.37. The van der Waals surface area contributed by atoms with Crippen LogP contribution in [0.25, 0.3) is 0 Å². The summed E-state index contributed by atoms with van der Waals surface area (Å²) in [6, 6.07) is 6.39. The molecular formula is C19H25N5O3S. The highest BCUT2D eigenvalue weighted by atomic mass is 32.1. The van der Waals surface area contributed by atoms with E-state index in [-0.39, 0.29) is 22.2 Å². The molecule has 3 amide bonds. The van der Waals surface area contributed by atoms with Crippen LogP contribution < -0.4 is 21.7 Å². The van der Waals surface area contributed by atoms with E-state index in [1.807, 2.05) is 33.8 Å². The van der Waals surface area contributed by atoms with Crippen molar-refractivity contribution in [3.05, 3.63) is 40.4 Å². The van der Waals surface area contributed by atoms with Crippen LogP contribution >= 0.6 is 11.5 Å². The third kappa shape index (κ3) is 4.66. The first-order valence-electron chi connectivity index (χ1n) is 8.69. The first kappa shape index (κ1) is 21.4. The molecule has 1 aromatic carbocycles. The van der Waals surface area contributed by atoms with Gasteiger partial charge in [-0.3, -0.25) is 19.3 Å². The lowest BCUT2D eigenvalue weighted by atomic mass is 10.1. The predicted octanol–water partition coefficient (Wildman–Crippen LogP) is 2.08. The van der Waals surface area contributed by atoms with Crippen molar-refractivity contribution in [3.8, 4) is 0 Å². The summed E-state index contributed by atoms with van der Waals surface area (Å²) in [6.45, 7) is 9.09. The first-order chi connectivity index (χ1) is 12.9. The molecule has 28 heavy (non-hydrogen) atoms. The quantitative estimate of drug-likeness (QED) is 0.703. The van der Waals surface area contributed by atoms with Gasteiger partial charge in [0.25, 0.3) is 11.8 Å². The molecule has 0 aliphatic carbocycles. The molecule has 8 nitrogen and oxygen atoms in total. The fourth-order valence-electron chi connectivity index (χ4n) is 2.62. The summed E-state index contributed by atoms with van der Waals surface area (Å²) in [5.74, 6) is -1.65. The van der Waals surface area contributed by atoms with E-state index >= 15 is 0 Å². The zero-order chi connectivity index (χ0) is 21.2. The van der Waals surface area contributed by atoms with Gasteiger partial charge in [0.15, 0.2) is 5.69 Å². The van der Waals surface area contributed by atoms with Crippen molar-refractivity contribution in [1.82, 2.24) is 9.69 Å². The van der Waals surface area contributed by atoms with Crippen LogP contribution in [0.4, 0.5) is 11.4 Å². The zero-order valence-electron chi connectivity index (χ0n) is 16.6. The lowest BCUT2D eigenvalue weighted by Gasteiger charge is -2.31. The Labute approximate surface area is 168 Å². The second-order valence-corrected chi connectivity index (χ2v) is 8.34. The average Bonchev–Trinajstić information content (AvgIpc) is 2.95. The Bertz CT molecular complexity index is 917. The molecule has 0 aliphatic rings. The summed E-state index contributed by atoms with van der Waals surface area (Å²) in [6.07, 6.45) is 0. The molecule has 0 fully saturated rings. The van der Waals surface area contributed by atoms with Gasteiger partial charge in [-0.2, -0.15) is 4.37 Å². The summed E-state index contributed by atoms with van der Waals surface area (Å²) in [7, 11) is 0. The van der Waals surface area contributed by atoms with Crippen LogP contribution in [0.5, 0.6) is 0 Å². The minimum Gasteiger partial charge on any atom is -0.395 e. The molecule has 2 rings (SSSR count). The van der Waals surface area contributed by atoms with E-state index in [1.165, 1.54) is 4.90 Å². The lowest BCUT2D eigenvalue weighted by Crippen LogP contribution is -2.52. The number of aryl methyl sites for hydroxylation is 1. The Morgan fingerprint density at radius 2 is 1.89 bits per heavy atom. The summed E-state index contributed by atoms with van der Waals surface area (Å²) in [5.41, 5.74) is 11.9. The van der Waals surface area contributed by atoms with Gasteiger partial charge < -0.3 is 16.8 Å². The number of anilines is 2. The molecule has 2 aromatic rings. The van der Waals surface area contributed by atoms with Crippen molar-refractivity contribution in [1.29, 1.82) is 0 Å². The van der Waals surface area contributed by atoms with Crippen molar-refractivity contribution < 1.29 is 14.4 Å². The zero-order valence-corrected chi connectivity index (χ0v) is 17.4. The van der Waals surface area contributed by atoms with Crippen molar-refractivity contribution in [2.24, 2.45) is 5.73 Å². The van der Waals surface area contributed by atoms with Gasteiger partial charge in [-0.1, -0.05) is 12.1 Å². The Morgan fingerprint density at radius 1 is 1.25 bits per heavy atom. The van der Waals surface area contributed by atoms with Crippen LogP contribution in [-0.2, 0) is 4.79 Å². The molecular weight excluding hydrogens is 378 g/mol. The lowest BCUT2D eigenvalue weighted by molar-refractivity contribution is -0.123. The van der Waals surface area contributed by atoms with Crippen LogP contribution in [0.1, 0.15) is 53.4 Å². The SMILES string of the molecule is Cc1cccc(N(C(=O)c2snc(C(N)=O)c2N)C(C)C(=O)NC(C)(C)C)c1. The molecule has 1 heterocycles. The number of hydrogen-bond acceptors (Lipinski definition) is 6. The van der Waals surface area contributed by atoms with E-state index in [9.17, 15) is 14.4 Å². The number of nitrogens with zero attached hydrogens (tertiary/aromatic N) is 2. The summed E-state index contributed by atoms with van der Waals surface area (Å²) >= 11 is 0.783. The van der Waals surface area contributed by atoms with Crippen LogP contribution in [0.2, 0.25) is 0 Å². The number of hydrogen-bond donors (Lipinski definition) is 3. The number of nitrogens with one attached hydrogen (secondary N) is 1. The maximum atomic E-state index is 13.3. The third-order valence-electron chi connectivity index (χ3n) is 3.92. The third-order valence-corrected chi connectivity index (χ3v) is 4.77. The van der Waals surface area contributed by atoms with Crippen LogP contribution in [0, 0.1) is 6.92 Å². The van der Waals surface area contributed by atoms with E-state index in [0.717, 1.165) is 17.1 Å². The number of benzene rings is 1. The molecule has 0 aliphatic heterocycles.